The van der Waals surface area contributed by atoms with Crippen molar-refractivity contribution in [2.45, 2.75) is 6.92 Å². The molecule has 168 valence electrons. The summed E-state index contributed by atoms with van der Waals surface area (Å²) < 4.78 is 5.09. The number of hydrogen-bond acceptors (Lipinski definition) is 6. The van der Waals surface area contributed by atoms with Crippen molar-refractivity contribution >= 4 is 28.8 Å². The molecular weight excluding hydrogens is 404 g/mol. The molecule has 7 nitrogen and oxygen atoms in total. The monoisotopic (exact) mass is 434 g/mol. The Balaban J connectivity index is 1.56. The minimum atomic E-state index is -0.328. The number of nitrogens with zero attached hydrogens (tertiary/aromatic N) is 3. The van der Waals surface area contributed by atoms with Crippen LogP contribution in [-0.2, 0) is 14.3 Å². The molecule has 2 aliphatic rings. The van der Waals surface area contributed by atoms with E-state index in [4.69, 9.17) is 4.74 Å². The van der Waals surface area contributed by atoms with Crippen LogP contribution in [-0.4, -0.2) is 74.6 Å². The number of piperazine rings is 1. The summed E-state index contributed by atoms with van der Waals surface area (Å²) in [5.74, 6) is -0.628. The second-order valence-corrected chi connectivity index (χ2v) is 7.96. The molecule has 0 aliphatic carbocycles. The molecule has 0 bridgehead atoms. The van der Waals surface area contributed by atoms with Gasteiger partial charge in [0.2, 0.25) is 0 Å². The second-order valence-electron chi connectivity index (χ2n) is 7.96. The van der Waals surface area contributed by atoms with Crippen molar-refractivity contribution in [2.24, 2.45) is 0 Å². The van der Waals surface area contributed by atoms with E-state index in [2.05, 4.69) is 34.2 Å². The summed E-state index contributed by atoms with van der Waals surface area (Å²) in [4.78, 5) is 32.2. The Hall–Kier alpha value is -3.16. The van der Waals surface area contributed by atoms with Gasteiger partial charge in [0.05, 0.1) is 18.7 Å². The zero-order valence-electron chi connectivity index (χ0n) is 18.7. The first-order chi connectivity index (χ1) is 15.6. The molecule has 2 heterocycles. The summed E-state index contributed by atoms with van der Waals surface area (Å²) in [6.45, 7) is 7.95. The number of likely N-dealkylation sites (N-methyl/N-ethyl adjacent to an activating group) is 1. The van der Waals surface area contributed by atoms with E-state index in [1.165, 1.54) is 10.6 Å². The second kappa shape index (κ2) is 9.97. The highest BCUT2D eigenvalue weighted by atomic mass is 16.5. The number of carbonyl (C=O) groups excluding carboxylic acids is 2. The van der Waals surface area contributed by atoms with Crippen LogP contribution in [0.25, 0.3) is 5.57 Å². The number of hydrogen-bond donors (Lipinski definition) is 1. The molecule has 2 amide bonds. The minimum absolute atomic E-state index is 0.221. The van der Waals surface area contributed by atoms with E-state index in [1.54, 1.807) is 7.11 Å². The van der Waals surface area contributed by atoms with Gasteiger partial charge >= 0.3 is 0 Å². The fraction of sp³-hybridized carbons (Fsp3) is 0.360. The van der Waals surface area contributed by atoms with Gasteiger partial charge in [-0.25, -0.2) is 0 Å². The van der Waals surface area contributed by atoms with Crippen LogP contribution in [0, 0.1) is 0 Å². The maximum absolute atomic E-state index is 13.1. The maximum atomic E-state index is 13.1. The molecule has 0 saturated carbocycles. The van der Waals surface area contributed by atoms with Crippen molar-refractivity contribution in [3.63, 3.8) is 0 Å². The Morgan fingerprint density at radius 1 is 0.906 bits per heavy atom. The van der Waals surface area contributed by atoms with Crippen molar-refractivity contribution < 1.29 is 14.3 Å². The van der Waals surface area contributed by atoms with E-state index in [0.717, 1.165) is 44.0 Å². The van der Waals surface area contributed by atoms with Crippen LogP contribution in [0.4, 0.5) is 11.4 Å². The molecular formula is C25H30N4O3. The third kappa shape index (κ3) is 4.54. The fourth-order valence-corrected chi connectivity index (χ4v) is 4.17. The molecule has 0 aromatic heterocycles. The molecule has 0 radical (unpaired) electrons. The quantitative estimate of drug-likeness (QED) is 0.645. The maximum Gasteiger partial charge on any atom is 0.278 e. The predicted octanol–water partition coefficient (Wildman–Crippen LogP) is 2.67. The van der Waals surface area contributed by atoms with Crippen LogP contribution in [0.5, 0.6) is 0 Å². The minimum Gasteiger partial charge on any atom is -0.383 e. The van der Waals surface area contributed by atoms with E-state index in [-0.39, 0.29) is 18.4 Å². The van der Waals surface area contributed by atoms with Gasteiger partial charge in [0.25, 0.3) is 11.8 Å². The number of nitrogens with one attached hydrogen (secondary N) is 1. The van der Waals surface area contributed by atoms with Gasteiger partial charge in [-0.1, -0.05) is 37.3 Å². The molecule has 0 spiro atoms. The third-order valence-corrected chi connectivity index (χ3v) is 6.07. The third-order valence-electron chi connectivity index (χ3n) is 6.07. The van der Waals surface area contributed by atoms with E-state index >= 15 is 0 Å². The molecule has 4 rings (SSSR count). The Bertz CT molecular complexity index is 980. The number of carbonyl (C=O) groups is 2. The lowest BCUT2D eigenvalue weighted by Crippen LogP contribution is -2.46. The Morgan fingerprint density at radius 2 is 1.59 bits per heavy atom. The summed E-state index contributed by atoms with van der Waals surface area (Å²) in [5, 5.41) is 3.22. The van der Waals surface area contributed by atoms with Crippen molar-refractivity contribution in [3.8, 4) is 0 Å². The lowest BCUT2D eigenvalue weighted by atomic mass is 10.0. The molecule has 1 fully saturated rings. The van der Waals surface area contributed by atoms with E-state index in [0.29, 0.717) is 17.9 Å². The Labute approximate surface area is 189 Å². The van der Waals surface area contributed by atoms with Crippen LogP contribution in [0.2, 0.25) is 0 Å². The number of amides is 2. The summed E-state index contributed by atoms with van der Waals surface area (Å²) in [6.07, 6.45) is 0. The fourth-order valence-electron chi connectivity index (χ4n) is 4.17. The van der Waals surface area contributed by atoms with Crippen LogP contribution in [0.1, 0.15) is 12.5 Å². The van der Waals surface area contributed by atoms with Crippen molar-refractivity contribution in [3.05, 3.63) is 65.9 Å². The van der Waals surface area contributed by atoms with Crippen LogP contribution < -0.4 is 10.2 Å². The summed E-state index contributed by atoms with van der Waals surface area (Å²) in [7, 11) is 1.55. The van der Waals surface area contributed by atoms with Gasteiger partial charge in [0, 0.05) is 44.7 Å². The number of imide groups is 1. The molecule has 7 heteroatoms. The van der Waals surface area contributed by atoms with Gasteiger partial charge in [-0.05, 0) is 36.4 Å². The molecule has 1 saturated heterocycles. The van der Waals surface area contributed by atoms with Gasteiger partial charge in [0.15, 0.2) is 0 Å². The predicted molar refractivity (Wildman–Crippen MR) is 126 cm³/mol. The zero-order chi connectivity index (χ0) is 22.5. The molecule has 2 aromatic carbocycles. The zero-order valence-corrected chi connectivity index (χ0v) is 18.7. The SMILES string of the molecule is CCN1CCN(c2ccc(NC3=C(c4ccccc4)C(=O)N(CCOC)C3=O)cc2)CC1. The topological polar surface area (TPSA) is 65.1 Å². The standard InChI is InChI=1S/C25H30N4O3/c1-3-27-13-15-28(16-14-27)21-11-9-20(10-12-21)26-23-22(19-7-5-4-6-8-19)24(30)29(25(23)31)17-18-32-2/h4-12,26H,3,13-18H2,1-2H3. The van der Waals surface area contributed by atoms with Gasteiger partial charge in [-0.2, -0.15) is 0 Å². The highest BCUT2D eigenvalue weighted by molar-refractivity contribution is 6.36. The number of ether oxygens (including phenoxy) is 1. The summed E-state index contributed by atoms with van der Waals surface area (Å²) in [5.41, 5.74) is 3.37. The van der Waals surface area contributed by atoms with Gasteiger partial charge in [-0.15, -0.1) is 0 Å². The van der Waals surface area contributed by atoms with Crippen molar-refractivity contribution in [1.29, 1.82) is 0 Å². The van der Waals surface area contributed by atoms with Gasteiger partial charge in [-0.3, -0.25) is 14.5 Å². The molecule has 0 unspecified atom stereocenters. The number of methoxy groups -OCH3 is 1. The molecule has 1 N–H and O–H groups in total. The van der Waals surface area contributed by atoms with Crippen molar-refractivity contribution in [2.75, 3.05) is 63.2 Å². The van der Waals surface area contributed by atoms with E-state index < -0.39 is 0 Å². The van der Waals surface area contributed by atoms with E-state index in [1.807, 2.05) is 42.5 Å². The van der Waals surface area contributed by atoms with Crippen LogP contribution >= 0.6 is 0 Å². The first-order valence-electron chi connectivity index (χ1n) is 11.1. The number of rotatable bonds is 8. The largest absolute Gasteiger partial charge is 0.383 e. The average molecular weight is 435 g/mol. The summed E-state index contributed by atoms with van der Waals surface area (Å²) in [6, 6.07) is 17.4. The Morgan fingerprint density at radius 3 is 2.22 bits per heavy atom. The normalized spacial score (nSPS) is 17.4. The Kier molecular flexibility index (Phi) is 6.87. The highest BCUT2D eigenvalue weighted by Crippen LogP contribution is 2.31. The molecule has 2 aliphatic heterocycles. The molecule has 2 aromatic rings. The smallest absolute Gasteiger partial charge is 0.278 e. The highest BCUT2D eigenvalue weighted by Gasteiger charge is 2.38. The number of anilines is 2. The van der Waals surface area contributed by atoms with Crippen molar-refractivity contribution in [1.82, 2.24) is 9.80 Å². The summed E-state index contributed by atoms with van der Waals surface area (Å²) >= 11 is 0. The lowest BCUT2D eigenvalue weighted by Gasteiger charge is -2.35. The average Bonchev–Trinajstić information content (AvgIpc) is 3.07. The first-order valence-corrected chi connectivity index (χ1v) is 11.1. The first kappa shape index (κ1) is 22.0. The molecule has 0 atom stereocenters. The van der Waals surface area contributed by atoms with Crippen LogP contribution in [0.3, 0.4) is 0 Å². The van der Waals surface area contributed by atoms with Gasteiger partial charge < -0.3 is 19.9 Å². The van der Waals surface area contributed by atoms with Gasteiger partial charge in [0.1, 0.15) is 5.70 Å². The lowest BCUT2D eigenvalue weighted by molar-refractivity contribution is -0.137. The number of benzene rings is 2. The van der Waals surface area contributed by atoms with Crippen LogP contribution in [0.15, 0.2) is 60.3 Å². The van der Waals surface area contributed by atoms with E-state index in [9.17, 15) is 9.59 Å². The molecule has 32 heavy (non-hydrogen) atoms.